The van der Waals surface area contributed by atoms with Gasteiger partial charge in [-0.05, 0) is 30.3 Å². The van der Waals surface area contributed by atoms with E-state index in [0.29, 0.717) is 11.0 Å². The molecule has 2 aromatic carbocycles. The van der Waals surface area contributed by atoms with Crippen LogP contribution in [0.25, 0.3) is 0 Å². The lowest BCUT2D eigenvalue weighted by molar-refractivity contribution is -0.147. The predicted molar refractivity (Wildman–Crippen MR) is 97.9 cm³/mol. The molecular formula is C19H12ClF3N2O5. The van der Waals surface area contributed by atoms with E-state index in [2.05, 4.69) is 5.32 Å². The molecule has 3 amide bonds. The number of carbonyl (C=O) groups is 4. The molecule has 1 aliphatic heterocycles. The van der Waals surface area contributed by atoms with Crippen molar-refractivity contribution in [3.8, 4) is 0 Å². The number of hydrogen-bond acceptors (Lipinski definition) is 5. The summed E-state index contributed by atoms with van der Waals surface area (Å²) in [5, 5.41) is 1.61. The molecule has 0 saturated carbocycles. The Hall–Kier alpha value is -3.40. The smallest absolute Gasteiger partial charge is 0.417 e. The number of nitrogens with zero attached hydrogens (tertiary/aromatic N) is 1. The Balaban J connectivity index is 1.55. The van der Waals surface area contributed by atoms with Crippen LogP contribution in [0.4, 0.5) is 18.9 Å². The number of nitrogens with one attached hydrogen (secondary N) is 1. The number of halogens is 4. The Morgan fingerprint density at radius 3 is 2.20 bits per heavy atom. The van der Waals surface area contributed by atoms with Gasteiger partial charge in [0.1, 0.15) is 6.54 Å². The second-order valence-electron chi connectivity index (χ2n) is 6.14. The van der Waals surface area contributed by atoms with Gasteiger partial charge in [-0.2, -0.15) is 13.2 Å². The third-order valence-corrected chi connectivity index (χ3v) is 4.41. The molecule has 0 fully saturated rings. The fraction of sp³-hybridized carbons (Fsp3) is 0.158. The van der Waals surface area contributed by atoms with E-state index in [1.807, 2.05) is 0 Å². The standard InChI is InChI=1S/C19H12ClF3N2O5/c20-14-6-5-10(7-13(14)19(21,22)23)24-15(26)9-30-16(27)8-25-17(28)11-3-1-2-4-12(11)18(25)29/h1-7H,8-9H2,(H,24,26). The van der Waals surface area contributed by atoms with Crippen molar-refractivity contribution in [2.45, 2.75) is 6.18 Å². The molecule has 0 radical (unpaired) electrons. The first-order valence-corrected chi connectivity index (χ1v) is 8.73. The van der Waals surface area contributed by atoms with Gasteiger partial charge in [0.2, 0.25) is 0 Å². The van der Waals surface area contributed by atoms with E-state index in [0.717, 1.165) is 12.1 Å². The van der Waals surface area contributed by atoms with Crippen LogP contribution in [0, 0.1) is 0 Å². The molecule has 1 heterocycles. The number of imide groups is 1. The van der Waals surface area contributed by atoms with Crippen LogP contribution in [0.3, 0.4) is 0 Å². The highest BCUT2D eigenvalue weighted by atomic mass is 35.5. The largest absolute Gasteiger partial charge is 0.454 e. The molecule has 2 aromatic rings. The number of ether oxygens (including phenoxy) is 1. The Labute approximate surface area is 172 Å². The summed E-state index contributed by atoms with van der Waals surface area (Å²) in [7, 11) is 0. The minimum Gasteiger partial charge on any atom is -0.454 e. The van der Waals surface area contributed by atoms with Crippen molar-refractivity contribution in [1.82, 2.24) is 4.90 Å². The van der Waals surface area contributed by atoms with Crippen LogP contribution in [-0.4, -0.2) is 41.7 Å². The average molecular weight is 441 g/mol. The lowest BCUT2D eigenvalue weighted by Gasteiger charge is -2.14. The Bertz CT molecular complexity index is 1020. The van der Waals surface area contributed by atoms with Crippen molar-refractivity contribution >= 4 is 41.0 Å². The molecule has 0 atom stereocenters. The maximum Gasteiger partial charge on any atom is 0.417 e. The highest BCUT2D eigenvalue weighted by molar-refractivity contribution is 6.31. The molecule has 0 bridgehead atoms. The number of fused-ring (bicyclic) bond motifs is 1. The van der Waals surface area contributed by atoms with E-state index >= 15 is 0 Å². The first kappa shape index (κ1) is 21.3. The van der Waals surface area contributed by atoms with E-state index < -0.39 is 53.6 Å². The zero-order valence-electron chi connectivity index (χ0n) is 15.0. The molecule has 1 N–H and O–H groups in total. The molecular weight excluding hydrogens is 429 g/mol. The molecule has 0 aliphatic carbocycles. The first-order valence-electron chi connectivity index (χ1n) is 8.35. The molecule has 30 heavy (non-hydrogen) atoms. The number of benzene rings is 2. The summed E-state index contributed by atoms with van der Waals surface area (Å²) in [4.78, 5) is 48.8. The molecule has 0 saturated heterocycles. The molecule has 156 valence electrons. The number of esters is 1. The zero-order valence-corrected chi connectivity index (χ0v) is 15.7. The third kappa shape index (κ3) is 4.43. The Morgan fingerprint density at radius 2 is 1.63 bits per heavy atom. The Morgan fingerprint density at radius 1 is 1.03 bits per heavy atom. The number of anilines is 1. The molecule has 1 aliphatic rings. The molecule has 3 rings (SSSR count). The molecule has 7 nitrogen and oxygen atoms in total. The SMILES string of the molecule is O=C(COC(=O)CN1C(=O)c2ccccc2C1=O)Nc1ccc(Cl)c(C(F)(F)F)c1. The minimum atomic E-state index is -4.71. The van der Waals surface area contributed by atoms with Gasteiger partial charge in [-0.1, -0.05) is 23.7 Å². The lowest BCUT2D eigenvalue weighted by Crippen LogP contribution is -2.36. The molecule has 0 unspecified atom stereocenters. The Kier molecular flexibility index (Phi) is 5.79. The van der Waals surface area contributed by atoms with Gasteiger partial charge in [0.25, 0.3) is 17.7 Å². The quantitative estimate of drug-likeness (QED) is 0.569. The highest BCUT2D eigenvalue weighted by Crippen LogP contribution is 2.36. The summed E-state index contributed by atoms with van der Waals surface area (Å²) in [5.41, 5.74) is -1.04. The fourth-order valence-corrected chi connectivity index (χ4v) is 2.95. The summed E-state index contributed by atoms with van der Waals surface area (Å²) in [6.45, 7) is -1.54. The van der Waals surface area contributed by atoms with Gasteiger partial charge in [-0.3, -0.25) is 24.1 Å². The van der Waals surface area contributed by atoms with E-state index in [1.165, 1.54) is 12.1 Å². The maximum absolute atomic E-state index is 12.8. The van der Waals surface area contributed by atoms with Gasteiger partial charge in [0.15, 0.2) is 6.61 Å². The van der Waals surface area contributed by atoms with Crippen LogP contribution in [0.5, 0.6) is 0 Å². The summed E-state index contributed by atoms with van der Waals surface area (Å²) >= 11 is 5.50. The minimum absolute atomic E-state index is 0.149. The second-order valence-corrected chi connectivity index (χ2v) is 6.55. The number of carbonyl (C=O) groups excluding carboxylic acids is 4. The molecule has 0 aromatic heterocycles. The van der Waals surface area contributed by atoms with E-state index in [4.69, 9.17) is 16.3 Å². The average Bonchev–Trinajstić information content (AvgIpc) is 2.92. The number of alkyl halides is 3. The van der Waals surface area contributed by atoms with Crippen molar-refractivity contribution in [2.24, 2.45) is 0 Å². The first-order chi connectivity index (χ1) is 14.1. The second kappa shape index (κ2) is 8.15. The molecule has 11 heteroatoms. The van der Waals surface area contributed by atoms with Gasteiger partial charge >= 0.3 is 12.1 Å². The number of amides is 3. The van der Waals surface area contributed by atoms with Crippen molar-refractivity contribution in [2.75, 3.05) is 18.5 Å². The van der Waals surface area contributed by atoms with Crippen LogP contribution in [0.2, 0.25) is 5.02 Å². The van der Waals surface area contributed by atoms with Gasteiger partial charge in [0, 0.05) is 5.69 Å². The van der Waals surface area contributed by atoms with Gasteiger partial charge < -0.3 is 10.1 Å². The maximum atomic E-state index is 12.8. The van der Waals surface area contributed by atoms with Crippen molar-refractivity contribution < 1.29 is 37.1 Å². The van der Waals surface area contributed by atoms with Crippen LogP contribution >= 0.6 is 11.6 Å². The zero-order chi connectivity index (χ0) is 22.1. The van der Waals surface area contributed by atoms with E-state index in [-0.39, 0.29) is 16.8 Å². The number of rotatable bonds is 5. The lowest BCUT2D eigenvalue weighted by atomic mass is 10.1. The molecule has 0 spiro atoms. The number of hydrogen-bond donors (Lipinski definition) is 1. The predicted octanol–water partition coefficient (Wildman–Crippen LogP) is 3.14. The van der Waals surface area contributed by atoms with Crippen LogP contribution in [0.15, 0.2) is 42.5 Å². The summed E-state index contributed by atoms with van der Waals surface area (Å²) in [5.74, 6) is -3.29. The fourth-order valence-electron chi connectivity index (χ4n) is 2.72. The van der Waals surface area contributed by atoms with Gasteiger partial charge in [0.05, 0.1) is 21.7 Å². The van der Waals surface area contributed by atoms with Crippen LogP contribution in [-0.2, 0) is 20.5 Å². The highest BCUT2D eigenvalue weighted by Gasteiger charge is 2.37. The monoisotopic (exact) mass is 440 g/mol. The van der Waals surface area contributed by atoms with Crippen LogP contribution in [0.1, 0.15) is 26.3 Å². The van der Waals surface area contributed by atoms with Gasteiger partial charge in [-0.25, -0.2) is 0 Å². The van der Waals surface area contributed by atoms with Crippen molar-refractivity contribution in [3.05, 3.63) is 64.2 Å². The van der Waals surface area contributed by atoms with Crippen molar-refractivity contribution in [1.29, 1.82) is 0 Å². The van der Waals surface area contributed by atoms with E-state index in [1.54, 1.807) is 12.1 Å². The normalized spacial score (nSPS) is 13.3. The van der Waals surface area contributed by atoms with E-state index in [9.17, 15) is 32.3 Å². The summed E-state index contributed by atoms with van der Waals surface area (Å²) in [6, 6.07) is 8.77. The summed E-state index contributed by atoms with van der Waals surface area (Å²) in [6.07, 6.45) is -4.71. The van der Waals surface area contributed by atoms with Crippen LogP contribution < -0.4 is 5.32 Å². The topological polar surface area (TPSA) is 92.8 Å². The van der Waals surface area contributed by atoms with Gasteiger partial charge in [-0.15, -0.1) is 0 Å². The third-order valence-electron chi connectivity index (χ3n) is 4.09. The summed E-state index contributed by atoms with van der Waals surface area (Å²) < 4.78 is 43.3. The van der Waals surface area contributed by atoms with Crippen molar-refractivity contribution in [3.63, 3.8) is 0 Å².